The van der Waals surface area contributed by atoms with Crippen LogP contribution in [-0.4, -0.2) is 49.7 Å². The van der Waals surface area contributed by atoms with E-state index < -0.39 is 30.5 Å². The molecule has 4 atom stereocenters. The van der Waals surface area contributed by atoms with Gasteiger partial charge in [0.25, 0.3) is 5.56 Å². The average Bonchev–Trinajstić information content (AvgIpc) is 2.92. The van der Waals surface area contributed by atoms with Gasteiger partial charge in [-0.2, -0.15) is 0 Å². The van der Waals surface area contributed by atoms with E-state index in [9.17, 15) is 20.1 Å². The molecule has 0 aliphatic carbocycles. The highest BCUT2D eigenvalue weighted by molar-refractivity contribution is 7.17. The summed E-state index contributed by atoms with van der Waals surface area (Å²) in [6.07, 6.45) is -1.65. The lowest BCUT2D eigenvalue weighted by Crippen LogP contribution is -2.42. The molecule has 3 heterocycles. The number of ether oxygens (including phenoxy) is 1. The molecule has 0 unspecified atom stereocenters. The SMILES string of the molecule is C[C@]1(O)[C@H](O)[C@@H](CO)O[C@H]1c1csc2c(=O)[nH]cnc12. The van der Waals surface area contributed by atoms with Gasteiger partial charge in [0.2, 0.25) is 0 Å². The maximum absolute atomic E-state index is 11.7. The summed E-state index contributed by atoms with van der Waals surface area (Å²) in [7, 11) is 0. The second-order valence-electron chi connectivity index (χ2n) is 5.01. The number of fused-ring (bicyclic) bond motifs is 1. The zero-order valence-corrected chi connectivity index (χ0v) is 11.4. The molecule has 0 saturated carbocycles. The number of thiophene rings is 1. The minimum atomic E-state index is -1.56. The Morgan fingerprint density at radius 1 is 1.60 bits per heavy atom. The van der Waals surface area contributed by atoms with E-state index in [0.29, 0.717) is 15.8 Å². The number of hydrogen-bond donors (Lipinski definition) is 4. The van der Waals surface area contributed by atoms with E-state index in [0.717, 1.165) is 0 Å². The van der Waals surface area contributed by atoms with Gasteiger partial charge in [0, 0.05) is 5.56 Å². The van der Waals surface area contributed by atoms with Crippen molar-refractivity contribution in [1.82, 2.24) is 9.97 Å². The lowest BCUT2D eigenvalue weighted by molar-refractivity contribution is -0.0640. The number of nitrogens with zero attached hydrogens (tertiary/aromatic N) is 1. The van der Waals surface area contributed by atoms with Gasteiger partial charge in [-0.1, -0.05) is 0 Å². The van der Waals surface area contributed by atoms with Crippen LogP contribution in [0.5, 0.6) is 0 Å². The van der Waals surface area contributed by atoms with Gasteiger partial charge in [-0.15, -0.1) is 11.3 Å². The number of aliphatic hydroxyl groups is 3. The maximum Gasteiger partial charge on any atom is 0.268 e. The highest BCUT2D eigenvalue weighted by atomic mass is 32.1. The second kappa shape index (κ2) is 4.61. The molecule has 8 heteroatoms. The van der Waals surface area contributed by atoms with E-state index in [1.807, 2.05) is 0 Å². The van der Waals surface area contributed by atoms with Gasteiger partial charge in [-0.25, -0.2) is 4.98 Å². The molecule has 20 heavy (non-hydrogen) atoms. The molecule has 1 aliphatic heterocycles. The minimum absolute atomic E-state index is 0.261. The molecule has 1 fully saturated rings. The van der Waals surface area contributed by atoms with E-state index in [1.165, 1.54) is 24.6 Å². The quantitative estimate of drug-likeness (QED) is 0.595. The lowest BCUT2D eigenvalue weighted by atomic mass is 9.89. The number of H-pyrrole nitrogens is 1. The first-order chi connectivity index (χ1) is 9.46. The largest absolute Gasteiger partial charge is 0.394 e. The van der Waals surface area contributed by atoms with Crippen molar-refractivity contribution in [1.29, 1.82) is 0 Å². The van der Waals surface area contributed by atoms with E-state index in [4.69, 9.17) is 4.74 Å². The van der Waals surface area contributed by atoms with E-state index >= 15 is 0 Å². The normalized spacial score (nSPS) is 33.9. The van der Waals surface area contributed by atoms with Crippen molar-refractivity contribution in [2.24, 2.45) is 0 Å². The van der Waals surface area contributed by atoms with Crippen LogP contribution in [0.2, 0.25) is 0 Å². The van der Waals surface area contributed by atoms with Gasteiger partial charge >= 0.3 is 0 Å². The average molecular weight is 298 g/mol. The van der Waals surface area contributed by atoms with Gasteiger partial charge in [-0.3, -0.25) is 4.79 Å². The molecule has 0 spiro atoms. The topological polar surface area (TPSA) is 116 Å². The predicted molar refractivity (Wildman–Crippen MR) is 71.6 cm³/mol. The summed E-state index contributed by atoms with van der Waals surface area (Å²) in [5.41, 5.74) is -0.847. The maximum atomic E-state index is 11.7. The molecule has 108 valence electrons. The molecule has 1 saturated heterocycles. The summed E-state index contributed by atoms with van der Waals surface area (Å²) < 4.78 is 5.97. The molecule has 7 nitrogen and oxygen atoms in total. The van der Waals surface area contributed by atoms with Crippen molar-refractivity contribution in [3.8, 4) is 0 Å². The summed E-state index contributed by atoms with van der Waals surface area (Å²) in [5, 5.41) is 31.3. The van der Waals surface area contributed by atoms with Crippen LogP contribution in [0.1, 0.15) is 18.6 Å². The molecule has 2 aromatic rings. The summed E-state index contributed by atoms with van der Waals surface area (Å²) in [5.74, 6) is 0. The van der Waals surface area contributed by atoms with Gasteiger partial charge in [0.1, 0.15) is 28.6 Å². The van der Waals surface area contributed by atoms with Crippen molar-refractivity contribution < 1.29 is 20.1 Å². The van der Waals surface area contributed by atoms with Crippen molar-refractivity contribution in [3.63, 3.8) is 0 Å². The molecular formula is C12H14N2O5S. The standard InChI is InChI=1S/C12H14N2O5S/c1-12(18)9(16)6(2-15)19-10(12)5-3-20-8-7(5)13-4-14-11(8)17/h3-4,6,9-10,15-16,18H,2H2,1H3,(H,13,14,17)/t6-,9-,10+,12+/m1/s1. The summed E-state index contributed by atoms with van der Waals surface area (Å²) >= 11 is 1.20. The fourth-order valence-electron chi connectivity index (χ4n) is 2.52. The van der Waals surface area contributed by atoms with Crippen LogP contribution in [0.25, 0.3) is 10.2 Å². The van der Waals surface area contributed by atoms with Crippen LogP contribution in [0.15, 0.2) is 16.5 Å². The smallest absolute Gasteiger partial charge is 0.268 e. The van der Waals surface area contributed by atoms with Crippen molar-refractivity contribution >= 4 is 21.6 Å². The van der Waals surface area contributed by atoms with Crippen molar-refractivity contribution in [3.05, 3.63) is 27.6 Å². The van der Waals surface area contributed by atoms with Gasteiger partial charge in [0.15, 0.2) is 0 Å². The summed E-state index contributed by atoms with van der Waals surface area (Å²) in [6.45, 7) is 1.04. The Kier molecular flexibility index (Phi) is 3.14. The molecule has 0 bridgehead atoms. The predicted octanol–water partition coefficient (Wildman–Crippen LogP) is -0.471. The molecule has 2 aromatic heterocycles. The number of aromatic nitrogens is 2. The molecule has 0 radical (unpaired) electrons. The summed E-state index contributed by atoms with van der Waals surface area (Å²) in [6, 6.07) is 0. The lowest BCUT2D eigenvalue weighted by Gasteiger charge is -2.26. The number of hydrogen-bond acceptors (Lipinski definition) is 7. The third-order valence-corrected chi connectivity index (χ3v) is 4.63. The third-order valence-electron chi connectivity index (χ3n) is 3.64. The number of nitrogens with one attached hydrogen (secondary N) is 1. The molecule has 0 amide bonds. The van der Waals surface area contributed by atoms with E-state index in [1.54, 1.807) is 5.38 Å². The number of rotatable bonds is 2. The van der Waals surface area contributed by atoms with Crippen molar-refractivity contribution in [2.45, 2.75) is 30.8 Å². The Labute approximate surface area is 117 Å². The molecule has 4 N–H and O–H groups in total. The van der Waals surface area contributed by atoms with Crippen LogP contribution in [-0.2, 0) is 4.74 Å². The van der Waals surface area contributed by atoms with Crippen LogP contribution in [0.3, 0.4) is 0 Å². The first-order valence-corrected chi connectivity index (χ1v) is 6.96. The van der Waals surface area contributed by atoms with Crippen molar-refractivity contribution in [2.75, 3.05) is 6.61 Å². The van der Waals surface area contributed by atoms with Crippen LogP contribution in [0, 0.1) is 0 Å². The number of aliphatic hydroxyl groups excluding tert-OH is 2. The zero-order valence-electron chi connectivity index (χ0n) is 10.6. The highest BCUT2D eigenvalue weighted by Crippen LogP contribution is 2.44. The number of aromatic amines is 1. The summed E-state index contributed by atoms with van der Waals surface area (Å²) in [4.78, 5) is 18.3. The minimum Gasteiger partial charge on any atom is -0.394 e. The molecule has 3 rings (SSSR count). The van der Waals surface area contributed by atoms with Crippen LogP contribution >= 0.6 is 11.3 Å². The second-order valence-corrected chi connectivity index (χ2v) is 5.89. The Bertz CT molecular complexity index is 694. The van der Waals surface area contributed by atoms with Gasteiger partial charge in [-0.05, 0) is 12.3 Å². The Hall–Kier alpha value is -1.32. The van der Waals surface area contributed by atoms with Crippen LogP contribution in [0.4, 0.5) is 0 Å². The van der Waals surface area contributed by atoms with Crippen LogP contribution < -0.4 is 5.56 Å². The first kappa shape index (κ1) is 13.7. The highest BCUT2D eigenvalue weighted by Gasteiger charge is 2.53. The third kappa shape index (κ3) is 1.80. The Balaban J connectivity index is 2.12. The molecular weight excluding hydrogens is 284 g/mol. The molecule has 0 aromatic carbocycles. The first-order valence-electron chi connectivity index (χ1n) is 6.08. The molecule has 1 aliphatic rings. The fraction of sp³-hybridized carbons (Fsp3) is 0.500. The Morgan fingerprint density at radius 3 is 3.00 bits per heavy atom. The van der Waals surface area contributed by atoms with Gasteiger partial charge in [0.05, 0.1) is 18.5 Å². The Morgan fingerprint density at radius 2 is 2.35 bits per heavy atom. The van der Waals surface area contributed by atoms with E-state index in [-0.39, 0.29) is 5.56 Å². The fourth-order valence-corrected chi connectivity index (χ4v) is 3.44. The zero-order chi connectivity index (χ0) is 14.5. The van der Waals surface area contributed by atoms with E-state index in [2.05, 4.69) is 9.97 Å². The van der Waals surface area contributed by atoms with Gasteiger partial charge < -0.3 is 25.0 Å². The monoisotopic (exact) mass is 298 g/mol.